The Morgan fingerprint density at radius 3 is 1.92 bits per heavy atom. The number of nitrogens with zero attached hydrogens (tertiary/aromatic N) is 1. The lowest BCUT2D eigenvalue weighted by Crippen LogP contribution is -2.51. The first kappa shape index (κ1) is 26.2. The predicted molar refractivity (Wildman–Crippen MR) is 147 cm³/mol. The molecular weight excluding hydrogens is 524 g/mol. The predicted octanol–water partition coefficient (Wildman–Crippen LogP) is 7.59. The van der Waals surface area contributed by atoms with Crippen molar-refractivity contribution in [1.29, 1.82) is 0 Å². The first-order valence-corrected chi connectivity index (χ1v) is 13.0. The van der Waals surface area contributed by atoms with Gasteiger partial charge in [-0.05, 0) is 70.8 Å². The summed E-state index contributed by atoms with van der Waals surface area (Å²) in [5, 5.41) is 1.22. The van der Waals surface area contributed by atoms with Gasteiger partial charge in [0.1, 0.15) is 23.8 Å². The van der Waals surface area contributed by atoms with Gasteiger partial charge in [-0.3, -0.25) is 4.79 Å². The number of ether oxygens (including phenoxy) is 2. The van der Waals surface area contributed by atoms with Crippen molar-refractivity contribution in [2.45, 2.75) is 31.2 Å². The fraction of sp³-hybridized carbons (Fsp3) is 0.194. The first-order valence-electron chi connectivity index (χ1n) is 12.3. The van der Waals surface area contributed by atoms with E-state index in [4.69, 9.17) is 32.7 Å². The molecule has 1 amide bonds. The Kier molecular flexibility index (Phi) is 7.98. The molecule has 38 heavy (non-hydrogen) atoms. The number of carbonyl (C=O) groups is 1. The molecule has 0 unspecified atom stereocenters. The molecule has 1 fully saturated rings. The lowest BCUT2D eigenvalue weighted by molar-refractivity contribution is -0.175. The van der Waals surface area contributed by atoms with Crippen LogP contribution in [0, 0.1) is 5.82 Å². The van der Waals surface area contributed by atoms with Crippen LogP contribution in [0.2, 0.25) is 10.0 Å². The van der Waals surface area contributed by atoms with Crippen molar-refractivity contribution in [1.82, 2.24) is 4.90 Å². The van der Waals surface area contributed by atoms with Gasteiger partial charge in [0.05, 0.1) is 13.2 Å². The van der Waals surface area contributed by atoms with Gasteiger partial charge in [-0.15, -0.1) is 0 Å². The van der Waals surface area contributed by atoms with E-state index in [2.05, 4.69) is 0 Å². The number of amides is 1. The molecule has 1 aliphatic heterocycles. The highest BCUT2D eigenvalue weighted by Crippen LogP contribution is 2.43. The maximum Gasteiger partial charge on any atom is 0.253 e. The third kappa shape index (κ3) is 5.86. The molecule has 0 radical (unpaired) electrons. The lowest BCUT2D eigenvalue weighted by atomic mass is 9.90. The summed E-state index contributed by atoms with van der Waals surface area (Å²) in [5.74, 6) is 0.271. The van der Waals surface area contributed by atoms with Crippen LogP contribution in [-0.2, 0) is 22.5 Å². The Bertz CT molecular complexity index is 1380. The number of methoxy groups -OCH3 is 1. The van der Waals surface area contributed by atoms with Crippen LogP contribution in [0.4, 0.5) is 4.39 Å². The van der Waals surface area contributed by atoms with E-state index in [-0.39, 0.29) is 11.7 Å². The zero-order valence-electron chi connectivity index (χ0n) is 20.7. The average molecular weight is 550 g/mol. The largest absolute Gasteiger partial charge is 0.497 e. The van der Waals surface area contributed by atoms with Crippen molar-refractivity contribution in [3.8, 4) is 5.75 Å². The number of hydrogen-bond donors (Lipinski definition) is 0. The summed E-state index contributed by atoms with van der Waals surface area (Å²) >= 11 is 12.4. The second-order valence-corrected chi connectivity index (χ2v) is 10.1. The fourth-order valence-electron chi connectivity index (χ4n) is 4.80. The highest BCUT2D eigenvalue weighted by atomic mass is 35.5. The summed E-state index contributed by atoms with van der Waals surface area (Å²) in [6.45, 7) is 0.365. The molecule has 4 aromatic carbocycles. The van der Waals surface area contributed by atoms with E-state index in [1.165, 1.54) is 12.1 Å². The number of hydrogen-bond acceptors (Lipinski definition) is 3. The SMILES string of the molecule is COc1ccc(CN2C(=O)[C@H](Cc3ccc(F)cc3)O[C@@H](c3ccc(Cl)cc3)[C@H]2c2ccc(Cl)cc2)cc1. The van der Waals surface area contributed by atoms with Crippen molar-refractivity contribution >= 4 is 29.1 Å². The Morgan fingerprint density at radius 1 is 0.789 bits per heavy atom. The second-order valence-electron chi connectivity index (χ2n) is 9.24. The zero-order valence-corrected chi connectivity index (χ0v) is 22.2. The Labute approximate surface area is 231 Å². The highest BCUT2D eigenvalue weighted by molar-refractivity contribution is 6.30. The molecule has 1 heterocycles. The van der Waals surface area contributed by atoms with Crippen molar-refractivity contribution in [2.75, 3.05) is 7.11 Å². The molecular formula is C31H26Cl2FNO3. The van der Waals surface area contributed by atoms with E-state index >= 15 is 0 Å². The van der Waals surface area contributed by atoms with Crippen molar-refractivity contribution in [2.24, 2.45) is 0 Å². The van der Waals surface area contributed by atoms with Crippen molar-refractivity contribution < 1.29 is 18.7 Å². The normalized spacial score (nSPS) is 19.4. The standard InChI is InChI=1S/C31H26Cl2FNO3/c1-37-27-16-4-21(5-17-27)19-35-29(22-6-10-24(32)11-7-22)30(23-8-12-25(33)13-9-23)38-28(31(35)36)18-20-2-14-26(34)15-3-20/h2-17,28-30H,18-19H2,1H3/t28-,29+,30-/m0/s1. The monoisotopic (exact) mass is 549 g/mol. The van der Waals surface area contributed by atoms with E-state index in [0.29, 0.717) is 23.0 Å². The molecule has 0 saturated carbocycles. The van der Waals surface area contributed by atoms with Crippen LogP contribution in [0.15, 0.2) is 97.1 Å². The second kappa shape index (κ2) is 11.6. The van der Waals surface area contributed by atoms with Crippen LogP contribution in [0.25, 0.3) is 0 Å². The third-order valence-corrected chi connectivity index (χ3v) is 7.25. The average Bonchev–Trinajstić information content (AvgIpc) is 2.93. The summed E-state index contributed by atoms with van der Waals surface area (Å²) in [6, 6.07) is 28.4. The van der Waals surface area contributed by atoms with E-state index < -0.39 is 18.2 Å². The van der Waals surface area contributed by atoms with Crippen molar-refractivity contribution in [3.05, 3.63) is 135 Å². The van der Waals surface area contributed by atoms with Gasteiger partial charge in [0.15, 0.2) is 0 Å². The van der Waals surface area contributed by atoms with Gasteiger partial charge >= 0.3 is 0 Å². The van der Waals surface area contributed by atoms with E-state index in [9.17, 15) is 9.18 Å². The van der Waals surface area contributed by atoms with Gasteiger partial charge in [0, 0.05) is 23.0 Å². The maximum atomic E-state index is 14.1. The molecule has 0 aliphatic carbocycles. The topological polar surface area (TPSA) is 38.8 Å². The summed E-state index contributed by atoms with van der Waals surface area (Å²) in [6.07, 6.45) is -0.923. The molecule has 3 atom stereocenters. The van der Waals surface area contributed by atoms with Gasteiger partial charge in [-0.1, -0.05) is 71.7 Å². The maximum absolute atomic E-state index is 14.1. The van der Waals surface area contributed by atoms with Gasteiger partial charge in [0.2, 0.25) is 0 Å². The number of benzene rings is 4. The van der Waals surface area contributed by atoms with Gasteiger partial charge in [-0.25, -0.2) is 4.39 Å². The van der Waals surface area contributed by atoms with Gasteiger partial charge < -0.3 is 14.4 Å². The van der Waals surface area contributed by atoms with E-state index in [1.807, 2.05) is 77.7 Å². The van der Waals surface area contributed by atoms with Crippen LogP contribution in [0.5, 0.6) is 5.75 Å². The smallest absolute Gasteiger partial charge is 0.253 e. The molecule has 7 heteroatoms. The molecule has 4 nitrogen and oxygen atoms in total. The number of carbonyl (C=O) groups excluding carboxylic acids is 1. The van der Waals surface area contributed by atoms with Crippen LogP contribution in [0.1, 0.15) is 34.4 Å². The minimum atomic E-state index is -0.761. The summed E-state index contributed by atoms with van der Waals surface area (Å²) in [5.41, 5.74) is 3.56. The quantitative estimate of drug-likeness (QED) is 0.238. The summed E-state index contributed by atoms with van der Waals surface area (Å²) in [7, 11) is 1.62. The summed E-state index contributed by atoms with van der Waals surface area (Å²) < 4.78 is 25.4. The van der Waals surface area contributed by atoms with Crippen molar-refractivity contribution in [3.63, 3.8) is 0 Å². The van der Waals surface area contributed by atoms with Crippen LogP contribution >= 0.6 is 23.2 Å². The molecule has 0 N–H and O–H groups in total. The fourth-order valence-corrected chi connectivity index (χ4v) is 5.05. The van der Waals surface area contributed by atoms with Gasteiger partial charge in [-0.2, -0.15) is 0 Å². The molecule has 0 spiro atoms. The summed E-state index contributed by atoms with van der Waals surface area (Å²) in [4.78, 5) is 15.9. The molecule has 1 aliphatic rings. The molecule has 0 bridgehead atoms. The number of rotatable bonds is 7. The molecule has 4 aromatic rings. The van der Waals surface area contributed by atoms with Crippen LogP contribution in [-0.4, -0.2) is 24.0 Å². The molecule has 194 valence electrons. The van der Waals surface area contributed by atoms with E-state index in [0.717, 1.165) is 28.0 Å². The molecule has 1 saturated heterocycles. The zero-order chi connectivity index (χ0) is 26.6. The van der Waals surface area contributed by atoms with Gasteiger partial charge in [0.25, 0.3) is 5.91 Å². The Hall–Kier alpha value is -3.38. The number of halogens is 3. The van der Waals surface area contributed by atoms with Crippen LogP contribution < -0.4 is 4.74 Å². The minimum Gasteiger partial charge on any atom is -0.497 e. The molecule has 0 aromatic heterocycles. The molecule has 5 rings (SSSR count). The highest BCUT2D eigenvalue weighted by Gasteiger charge is 2.44. The lowest BCUT2D eigenvalue weighted by Gasteiger charge is -2.45. The third-order valence-electron chi connectivity index (χ3n) is 6.75. The first-order chi connectivity index (χ1) is 18.4. The minimum absolute atomic E-state index is 0.143. The van der Waals surface area contributed by atoms with Crippen LogP contribution in [0.3, 0.4) is 0 Å². The number of morpholine rings is 1. The Morgan fingerprint density at radius 2 is 1.34 bits per heavy atom. The van der Waals surface area contributed by atoms with E-state index in [1.54, 1.807) is 19.2 Å². The Balaban J connectivity index is 1.58.